The molecule has 0 atom stereocenters. The first-order valence-corrected chi connectivity index (χ1v) is 12.4. The third-order valence-corrected chi connectivity index (χ3v) is 7.40. The highest BCUT2D eigenvalue weighted by Gasteiger charge is 2.31. The van der Waals surface area contributed by atoms with Crippen molar-refractivity contribution in [3.63, 3.8) is 0 Å². The number of hydrogen-bond acceptors (Lipinski definition) is 6. The first-order chi connectivity index (χ1) is 17.0. The van der Waals surface area contributed by atoms with Gasteiger partial charge >= 0.3 is 12.1 Å². The number of carboxylic acids is 1. The van der Waals surface area contributed by atoms with Crippen LogP contribution in [0.5, 0.6) is 0 Å². The fourth-order valence-electron chi connectivity index (χ4n) is 4.94. The van der Waals surface area contributed by atoms with Gasteiger partial charge in [0, 0.05) is 24.3 Å². The van der Waals surface area contributed by atoms with E-state index in [0.29, 0.717) is 12.5 Å². The summed E-state index contributed by atoms with van der Waals surface area (Å²) in [5.74, 6) is -0.644. The van der Waals surface area contributed by atoms with Crippen LogP contribution in [0.2, 0.25) is 0 Å². The van der Waals surface area contributed by atoms with Crippen LogP contribution < -0.4 is 10.6 Å². The standard InChI is InChI=1S/C26H25N3O5S/c30-23(31)11-15-9-16(10-15)12-27-24(32)22-14-35-25(28-22)29-26(33)34-13-21-19-7-3-1-5-17(19)18-6-2-4-8-20(18)21/h1-8,14-16,21H,9-13H2,(H,27,32)(H,30,31)(H,28,29,33). The minimum absolute atomic E-state index is 0.0348. The number of carbonyl (C=O) groups excluding carboxylic acids is 2. The molecule has 1 saturated carbocycles. The first kappa shape index (κ1) is 23.0. The van der Waals surface area contributed by atoms with E-state index in [2.05, 4.69) is 39.9 Å². The predicted molar refractivity (Wildman–Crippen MR) is 132 cm³/mol. The summed E-state index contributed by atoms with van der Waals surface area (Å²) in [4.78, 5) is 39.7. The van der Waals surface area contributed by atoms with Crippen molar-refractivity contribution in [3.05, 3.63) is 70.7 Å². The summed E-state index contributed by atoms with van der Waals surface area (Å²) in [6.07, 6.45) is 1.17. The Morgan fingerprint density at radius 3 is 2.31 bits per heavy atom. The number of anilines is 1. The number of nitrogens with zero attached hydrogens (tertiary/aromatic N) is 1. The molecule has 1 fully saturated rings. The number of fused-ring (bicyclic) bond motifs is 3. The van der Waals surface area contributed by atoms with Crippen LogP contribution in [0.15, 0.2) is 53.9 Å². The van der Waals surface area contributed by atoms with E-state index in [-0.39, 0.29) is 41.6 Å². The Morgan fingerprint density at radius 2 is 1.66 bits per heavy atom. The topological polar surface area (TPSA) is 118 Å². The lowest BCUT2D eigenvalue weighted by molar-refractivity contribution is -0.139. The Labute approximate surface area is 206 Å². The number of thiazole rings is 1. The van der Waals surface area contributed by atoms with Crippen molar-refractivity contribution in [2.24, 2.45) is 11.8 Å². The average molecular weight is 492 g/mol. The van der Waals surface area contributed by atoms with E-state index in [4.69, 9.17) is 9.84 Å². The fourth-order valence-corrected chi connectivity index (χ4v) is 5.62. The molecular weight excluding hydrogens is 466 g/mol. The molecule has 1 aromatic heterocycles. The SMILES string of the molecule is O=C(O)CC1CC(CNC(=O)c2csc(NC(=O)OCC3c4ccccc4-c4ccccc43)n2)C1. The van der Waals surface area contributed by atoms with Crippen LogP contribution in [0.3, 0.4) is 0 Å². The molecule has 0 bridgehead atoms. The number of aliphatic carboxylic acids is 1. The number of amides is 2. The predicted octanol–water partition coefficient (Wildman–Crippen LogP) is 4.73. The second-order valence-corrected chi connectivity index (χ2v) is 9.86. The quantitative estimate of drug-likeness (QED) is 0.419. The van der Waals surface area contributed by atoms with Crippen LogP contribution in [0, 0.1) is 11.8 Å². The highest BCUT2D eigenvalue weighted by Crippen LogP contribution is 2.44. The van der Waals surface area contributed by atoms with Gasteiger partial charge in [0.15, 0.2) is 5.13 Å². The van der Waals surface area contributed by atoms with E-state index in [9.17, 15) is 14.4 Å². The third-order valence-electron chi connectivity index (χ3n) is 6.64. The van der Waals surface area contributed by atoms with Gasteiger partial charge in [-0.1, -0.05) is 48.5 Å². The van der Waals surface area contributed by atoms with Crippen molar-refractivity contribution < 1.29 is 24.2 Å². The van der Waals surface area contributed by atoms with Crippen LogP contribution in [0.4, 0.5) is 9.93 Å². The highest BCUT2D eigenvalue weighted by molar-refractivity contribution is 7.14. The third kappa shape index (κ3) is 5.05. The van der Waals surface area contributed by atoms with Crippen molar-refractivity contribution in [3.8, 4) is 11.1 Å². The summed E-state index contributed by atoms with van der Waals surface area (Å²) >= 11 is 1.15. The molecule has 0 spiro atoms. The number of carbonyl (C=O) groups is 3. The second kappa shape index (κ2) is 9.87. The van der Waals surface area contributed by atoms with E-state index in [1.54, 1.807) is 5.38 Å². The van der Waals surface area contributed by atoms with E-state index >= 15 is 0 Å². The zero-order valence-corrected chi connectivity index (χ0v) is 19.7. The molecular formula is C26H25N3O5S. The lowest BCUT2D eigenvalue weighted by atomic mass is 9.73. The van der Waals surface area contributed by atoms with E-state index in [1.165, 1.54) is 0 Å². The van der Waals surface area contributed by atoms with Gasteiger partial charge < -0.3 is 15.2 Å². The molecule has 0 aliphatic heterocycles. The van der Waals surface area contributed by atoms with Gasteiger partial charge in [-0.05, 0) is 46.9 Å². The van der Waals surface area contributed by atoms with Gasteiger partial charge in [-0.3, -0.25) is 14.9 Å². The highest BCUT2D eigenvalue weighted by atomic mass is 32.1. The molecule has 2 aliphatic carbocycles. The van der Waals surface area contributed by atoms with Crippen molar-refractivity contribution in [1.29, 1.82) is 0 Å². The molecule has 3 N–H and O–H groups in total. The smallest absolute Gasteiger partial charge is 0.413 e. The zero-order valence-electron chi connectivity index (χ0n) is 18.9. The van der Waals surface area contributed by atoms with Crippen LogP contribution in [-0.4, -0.2) is 41.2 Å². The molecule has 1 heterocycles. The number of rotatable bonds is 8. The monoisotopic (exact) mass is 491 g/mol. The van der Waals surface area contributed by atoms with Gasteiger partial charge in [0.1, 0.15) is 12.3 Å². The van der Waals surface area contributed by atoms with Crippen molar-refractivity contribution in [2.45, 2.75) is 25.2 Å². The normalized spacial score (nSPS) is 18.2. The van der Waals surface area contributed by atoms with E-state index < -0.39 is 12.1 Å². The van der Waals surface area contributed by atoms with Crippen molar-refractivity contribution >= 4 is 34.4 Å². The van der Waals surface area contributed by atoms with Crippen LogP contribution in [0.1, 0.15) is 46.8 Å². The molecule has 0 unspecified atom stereocenters. The fraction of sp³-hybridized carbons (Fsp3) is 0.308. The van der Waals surface area contributed by atoms with Crippen molar-refractivity contribution in [2.75, 3.05) is 18.5 Å². The van der Waals surface area contributed by atoms with Crippen LogP contribution in [-0.2, 0) is 9.53 Å². The van der Waals surface area contributed by atoms with Gasteiger partial charge in [-0.25, -0.2) is 9.78 Å². The molecule has 180 valence electrons. The molecule has 2 aliphatic rings. The Kier molecular flexibility index (Phi) is 6.50. The summed E-state index contributed by atoms with van der Waals surface area (Å²) < 4.78 is 5.53. The maximum absolute atomic E-state index is 12.4. The number of nitrogens with one attached hydrogen (secondary N) is 2. The molecule has 35 heavy (non-hydrogen) atoms. The molecule has 5 rings (SSSR count). The molecule has 3 aromatic rings. The molecule has 9 heteroatoms. The minimum Gasteiger partial charge on any atom is -0.481 e. The van der Waals surface area contributed by atoms with Gasteiger partial charge in [0.25, 0.3) is 5.91 Å². The molecule has 0 radical (unpaired) electrons. The Balaban J connectivity index is 1.11. The maximum Gasteiger partial charge on any atom is 0.413 e. The average Bonchev–Trinajstić information content (AvgIpc) is 3.41. The molecule has 2 aromatic carbocycles. The zero-order chi connectivity index (χ0) is 24.4. The summed E-state index contributed by atoms with van der Waals surface area (Å²) in [7, 11) is 0. The molecule has 8 nitrogen and oxygen atoms in total. The summed E-state index contributed by atoms with van der Waals surface area (Å²) in [5.41, 5.74) is 4.82. The Bertz CT molecular complexity index is 1220. The number of aromatic nitrogens is 1. The number of benzene rings is 2. The number of hydrogen-bond donors (Lipinski definition) is 3. The Morgan fingerprint density at radius 1 is 1.00 bits per heavy atom. The number of ether oxygens (including phenoxy) is 1. The maximum atomic E-state index is 12.4. The summed E-state index contributed by atoms with van der Waals surface area (Å²) in [5, 5.41) is 16.1. The first-order valence-electron chi connectivity index (χ1n) is 11.6. The number of carboxylic acid groups (broad SMARTS) is 1. The van der Waals surface area contributed by atoms with E-state index in [0.717, 1.165) is 46.4 Å². The largest absolute Gasteiger partial charge is 0.481 e. The van der Waals surface area contributed by atoms with Gasteiger partial charge in [-0.15, -0.1) is 11.3 Å². The van der Waals surface area contributed by atoms with Crippen LogP contribution >= 0.6 is 11.3 Å². The lowest BCUT2D eigenvalue weighted by Crippen LogP contribution is -2.36. The van der Waals surface area contributed by atoms with Gasteiger partial charge in [0.2, 0.25) is 0 Å². The molecule has 2 amide bonds. The van der Waals surface area contributed by atoms with Crippen molar-refractivity contribution in [1.82, 2.24) is 10.3 Å². The summed E-state index contributed by atoms with van der Waals surface area (Å²) in [6, 6.07) is 16.3. The van der Waals surface area contributed by atoms with Crippen LogP contribution in [0.25, 0.3) is 11.1 Å². The van der Waals surface area contributed by atoms with Gasteiger partial charge in [0.05, 0.1) is 0 Å². The molecule has 0 saturated heterocycles. The lowest BCUT2D eigenvalue weighted by Gasteiger charge is -2.34. The van der Waals surface area contributed by atoms with E-state index in [1.807, 2.05) is 24.3 Å². The Hall–Kier alpha value is -3.72. The second-order valence-electron chi connectivity index (χ2n) is 9.00. The minimum atomic E-state index is -0.781. The van der Waals surface area contributed by atoms with Gasteiger partial charge in [-0.2, -0.15) is 0 Å². The summed E-state index contributed by atoms with van der Waals surface area (Å²) in [6.45, 7) is 0.685.